The second-order valence-electron chi connectivity index (χ2n) is 10.2. The lowest BCUT2D eigenvalue weighted by Gasteiger charge is -2.39. The highest BCUT2D eigenvalue weighted by molar-refractivity contribution is 5.89. The van der Waals surface area contributed by atoms with Crippen LogP contribution in [-0.2, 0) is 4.74 Å². The normalized spacial score (nSPS) is 15.1. The fourth-order valence-electron chi connectivity index (χ4n) is 5.80. The minimum atomic E-state index is -0.802. The van der Waals surface area contributed by atoms with Gasteiger partial charge in [-0.25, -0.2) is 4.79 Å². The minimum absolute atomic E-state index is 0.269. The summed E-state index contributed by atoms with van der Waals surface area (Å²) >= 11 is 0. The third-order valence-electron chi connectivity index (χ3n) is 7.38. The van der Waals surface area contributed by atoms with E-state index >= 15 is 0 Å². The van der Waals surface area contributed by atoms with Crippen LogP contribution in [0.1, 0.15) is 146 Å². The van der Waals surface area contributed by atoms with Crippen molar-refractivity contribution in [3.63, 3.8) is 0 Å². The zero-order valence-electron chi connectivity index (χ0n) is 23.0. The number of aromatic carboxylic acids is 1. The van der Waals surface area contributed by atoms with Crippen LogP contribution in [-0.4, -0.2) is 23.8 Å². The van der Waals surface area contributed by atoms with Gasteiger partial charge in [-0.2, -0.15) is 0 Å². The van der Waals surface area contributed by atoms with Crippen molar-refractivity contribution in [1.29, 1.82) is 0 Å². The summed E-state index contributed by atoms with van der Waals surface area (Å²) < 4.78 is 6.66. The number of benzene rings is 1. The van der Waals surface area contributed by atoms with E-state index in [0.29, 0.717) is 17.4 Å². The Labute approximate surface area is 211 Å². The molecule has 0 spiro atoms. The molecule has 0 saturated carbocycles. The average molecular weight is 475 g/mol. The molecule has 1 rings (SSSR count). The van der Waals surface area contributed by atoms with Crippen LogP contribution in [0.25, 0.3) is 0 Å². The molecule has 0 bridgehead atoms. The molecule has 0 aliphatic rings. The molecule has 34 heavy (non-hydrogen) atoms. The summed E-state index contributed by atoms with van der Waals surface area (Å²) in [6, 6.07) is 7.73. The van der Waals surface area contributed by atoms with Gasteiger partial charge in [0.15, 0.2) is 0 Å². The Hall–Kier alpha value is -1.35. The van der Waals surface area contributed by atoms with Gasteiger partial charge in [0.25, 0.3) is 0 Å². The Morgan fingerprint density at radius 2 is 1.32 bits per heavy atom. The molecular weight excluding hydrogens is 420 g/mol. The lowest BCUT2D eigenvalue weighted by atomic mass is 9.69. The van der Waals surface area contributed by atoms with Crippen LogP contribution in [0.4, 0.5) is 0 Å². The zero-order valence-corrected chi connectivity index (χ0v) is 23.0. The van der Waals surface area contributed by atoms with Crippen molar-refractivity contribution >= 4 is 5.97 Å². The Balaban J connectivity index is 3.15. The van der Waals surface area contributed by atoms with E-state index in [9.17, 15) is 9.90 Å². The quantitative estimate of drug-likeness (QED) is 0.180. The lowest BCUT2D eigenvalue weighted by molar-refractivity contribution is -0.0250. The molecule has 0 saturated heterocycles. The van der Waals surface area contributed by atoms with E-state index in [1.54, 1.807) is 6.07 Å². The molecule has 4 unspecified atom stereocenters. The van der Waals surface area contributed by atoms with Gasteiger partial charge in [-0.1, -0.05) is 111 Å². The molecule has 0 radical (unpaired) electrons. The zero-order chi connectivity index (χ0) is 25.2. The Morgan fingerprint density at radius 3 is 1.94 bits per heavy atom. The molecule has 1 aromatic rings. The Morgan fingerprint density at radius 1 is 0.735 bits per heavy atom. The van der Waals surface area contributed by atoms with Gasteiger partial charge in [0.2, 0.25) is 0 Å². The van der Waals surface area contributed by atoms with Gasteiger partial charge in [-0.3, -0.25) is 0 Å². The average Bonchev–Trinajstić information content (AvgIpc) is 2.84. The van der Waals surface area contributed by atoms with Gasteiger partial charge in [0, 0.05) is 6.61 Å². The van der Waals surface area contributed by atoms with Crippen molar-refractivity contribution in [3.05, 3.63) is 35.4 Å². The van der Waals surface area contributed by atoms with E-state index in [0.717, 1.165) is 70.0 Å². The number of carbonyl (C=O) groups is 1. The van der Waals surface area contributed by atoms with Crippen molar-refractivity contribution in [2.75, 3.05) is 6.61 Å². The highest BCUT2D eigenvalue weighted by Gasteiger charge is 2.35. The Bertz CT molecular complexity index is 641. The first-order chi connectivity index (χ1) is 16.5. The Kier molecular flexibility index (Phi) is 17.1. The van der Waals surface area contributed by atoms with Crippen molar-refractivity contribution in [1.82, 2.24) is 0 Å². The third-order valence-corrected chi connectivity index (χ3v) is 7.38. The maximum Gasteiger partial charge on any atom is 0.335 e. The monoisotopic (exact) mass is 474 g/mol. The standard InChI is InChI=1S/C31H54O3/c1-6-11-12-13-14-17-24-34-30(21-10-5)28(20-9-4)26(19-8-3)25(18-7-2)27-22-15-16-23-29(27)31(32)33/h15-16,22-23,25-26,28,30H,6-14,17-21,24H2,1-5H3,(H,32,33). The molecule has 0 heterocycles. The second kappa shape index (κ2) is 18.9. The molecule has 3 nitrogen and oxygen atoms in total. The first-order valence-corrected chi connectivity index (χ1v) is 14.5. The summed E-state index contributed by atoms with van der Waals surface area (Å²) in [6.45, 7) is 12.2. The summed E-state index contributed by atoms with van der Waals surface area (Å²) in [5.41, 5.74) is 1.51. The van der Waals surface area contributed by atoms with Gasteiger partial charge in [-0.15, -0.1) is 0 Å². The highest BCUT2D eigenvalue weighted by Crippen LogP contribution is 2.43. The number of carboxylic acids is 1. The predicted molar refractivity (Wildman–Crippen MR) is 146 cm³/mol. The van der Waals surface area contributed by atoms with Gasteiger partial charge in [0.1, 0.15) is 0 Å². The summed E-state index contributed by atoms with van der Waals surface area (Å²) in [6.07, 6.45) is 16.8. The largest absolute Gasteiger partial charge is 0.478 e. The van der Waals surface area contributed by atoms with Crippen molar-refractivity contribution < 1.29 is 14.6 Å². The maximum absolute atomic E-state index is 12.1. The molecule has 0 aliphatic heterocycles. The molecule has 1 aromatic carbocycles. The summed E-state index contributed by atoms with van der Waals surface area (Å²) in [7, 11) is 0. The number of carboxylic acid groups (broad SMARTS) is 1. The van der Waals surface area contributed by atoms with E-state index in [1.165, 1.54) is 32.1 Å². The van der Waals surface area contributed by atoms with E-state index < -0.39 is 5.97 Å². The fourth-order valence-corrected chi connectivity index (χ4v) is 5.80. The van der Waals surface area contributed by atoms with Crippen LogP contribution >= 0.6 is 0 Å². The topological polar surface area (TPSA) is 46.5 Å². The lowest BCUT2D eigenvalue weighted by Crippen LogP contribution is -2.34. The van der Waals surface area contributed by atoms with Crippen molar-refractivity contribution in [3.8, 4) is 0 Å². The summed E-state index contributed by atoms with van der Waals surface area (Å²) in [4.78, 5) is 12.1. The summed E-state index contributed by atoms with van der Waals surface area (Å²) in [5, 5.41) is 9.93. The van der Waals surface area contributed by atoms with Gasteiger partial charge < -0.3 is 9.84 Å². The van der Waals surface area contributed by atoms with E-state index in [-0.39, 0.29) is 12.0 Å². The van der Waals surface area contributed by atoms with Gasteiger partial charge >= 0.3 is 5.97 Å². The molecular formula is C31H54O3. The summed E-state index contributed by atoms with van der Waals surface area (Å²) in [5.74, 6) is 0.393. The molecule has 0 fully saturated rings. The fraction of sp³-hybridized carbons (Fsp3) is 0.774. The number of rotatable bonds is 21. The highest BCUT2D eigenvalue weighted by atomic mass is 16.5. The van der Waals surface area contributed by atoms with E-state index in [2.05, 4.69) is 40.7 Å². The molecule has 4 atom stereocenters. The first kappa shape index (κ1) is 30.7. The third kappa shape index (κ3) is 10.5. The SMILES string of the molecule is CCCCCCCCOC(CCC)C(CCC)C(CCC)C(CCC)c1ccccc1C(=O)O. The van der Waals surface area contributed by atoms with Crippen LogP contribution in [0, 0.1) is 11.8 Å². The van der Waals surface area contributed by atoms with Crippen molar-refractivity contribution in [2.24, 2.45) is 11.8 Å². The minimum Gasteiger partial charge on any atom is -0.478 e. The number of unbranched alkanes of at least 4 members (excludes halogenated alkanes) is 5. The molecule has 0 amide bonds. The molecule has 3 heteroatoms. The van der Waals surface area contributed by atoms with E-state index in [4.69, 9.17) is 4.74 Å². The predicted octanol–water partition coefficient (Wildman–Crippen LogP) is 9.65. The van der Waals surface area contributed by atoms with Crippen LogP contribution < -0.4 is 0 Å². The van der Waals surface area contributed by atoms with Crippen LogP contribution in [0.3, 0.4) is 0 Å². The van der Waals surface area contributed by atoms with Crippen molar-refractivity contribution in [2.45, 2.75) is 137 Å². The van der Waals surface area contributed by atoms with Crippen LogP contribution in [0.2, 0.25) is 0 Å². The molecule has 1 N–H and O–H groups in total. The van der Waals surface area contributed by atoms with Gasteiger partial charge in [0.05, 0.1) is 11.7 Å². The molecule has 0 aromatic heterocycles. The number of hydrogen-bond acceptors (Lipinski definition) is 2. The van der Waals surface area contributed by atoms with Crippen LogP contribution in [0.5, 0.6) is 0 Å². The number of ether oxygens (including phenoxy) is 1. The molecule has 196 valence electrons. The smallest absolute Gasteiger partial charge is 0.335 e. The number of hydrogen-bond donors (Lipinski definition) is 1. The molecule has 0 aliphatic carbocycles. The van der Waals surface area contributed by atoms with E-state index in [1.807, 2.05) is 12.1 Å². The first-order valence-electron chi connectivity index (χ1n) is 14.5. The maximum atomic E-state index is 12.1. The van der Waals surface area contributed by atoms with Gasteiger partial charge in [-0.05, 0) is 61.5 Å². The second-order valence-corrected chi connectivity index (χ2v) is 10.2. The van der Waals surface area contributed by atoms with Crippen LogP contribution in [0.15, 0.2) is 24.3 Å².